The zero-order valence-electron chi connectivity index (χ0n) is 23.5. The van der Waals surface area contributed by atoms with Crippen molar-refractivity contribution >= 4 is 47.0 Å². The van der Waals surface area contributed by atoms with Gasteiger partial charge in [0.15, 0.2) is 0 Å². The molecule has 0 amide bonds. The summed E-state index contributed by atoms with van der Waals surface area (Å²) in [4.78, 5) is 22.4. The largest absolute Gasteiger partial charge is 0.488 e. The first-order chi connectivity index (χ1) is 20.4. The van der Waals surface area contributed by atoms with Gasteiger partial charge in [-0.05, 0) is 69.4 Å². The van der Waals surface area contributed by atoms with Crippen LogP contribution in [0.2, 0.25) is 0 Å². The molecule has 0 atom stereocenters. The Morgan fingerprint density at radius 2 is 1.14 bits per heavy atom. The third kappa shape index (κ3) is 7.61. The average Bonchev–Trinajstić information content (AvgIpc) is 2.99. The van der Waals surface area contributed by atoms with Crippen molar-refractivity contribution in [1.29, 1.82) is 0 Å². The van der Waals surface area contributed by atoms with Crippen LogP contribution in [0.4, 0.5) is 0 Å². The van der Waals surface area contributed by atoms with E-state index < -0.39 is 0 Å². The molecule has 0 N–H and O–H groups in total. The number of esters is 2. The van der Waals surface area contributed by atoms with E-state index in [1.54, 1.807) is 24.3 Å². The average molecular weight is 555 g/mol. The van der Waals surface area contributed by atoms with Crippen LogP contribution < -0.4 is 14.2 Å². The highest BCUT2D eigenvalue weighted by Gasteiger charge is 2.08. The van der Waals surface area contributed by atoms with E-state index in [9.17, 15) is 9.59 Å². The fourth-order valence-electron chi connectivity index (χ4n) is 4.49. The molecule has 0 fully saturated rings. The Bertz CT molecular complexity index is 1750. The lowest BCUT2D eigenvalue weighted by atomic mass is 9.99. The van der Waals surface area contributed by atoms with Crippen LogP contribution in [-0.2, 0) is 16.2 Å². The molecule has 5 aromatic rings. The molecule has 0 aromatic heterocycles. The molecular weight excluding hydrogens is 524 g/mol. The van der Waals surface area contributed by atoms with Crippen molar-refractivity contribution in [3.8, 4) is 17.2 Å². The number of hydrogen-bond donors (Lipinski definition) is 0. The van der Waals surface area contributed by atoms with Gasteiger partial charge in [0, 0.05) is 19.4 Å². The smallest absolute Gasteiger partial charge is 0.308 e. The van der Waals surface area contributed by atoms with Gasteiger partial charge < -0.3 is 14.2 Å². The number of benzene rings is 5. The van der Waals surface area contributed by atoms with E-state index in [-0.39, 0.29) is 11.9 Å². The minimum Gasteiger partial charge on any atom is -0.488 e. The Morgan fingerprint density at radius 3 is 1.74 bits per heavy atom. The quantitative estimate of drug-likeness (QED) is 0.104. The molecule has 0 aliphatic carbocycles. The predicted molar refractivity (Wildman–Crippen MR) is 168 cm³/mol. The van der Waals surface area contributed by atoms with Crippen LogP contribution in [0.1, 0.15) is 41.7 Å². The second-order valence-electron chi connectivity index (χ2n) is 9.72. The number of rotatable bonds is 9. The summed E-state index contributed by atoms with van der Waals surface area (Å²) in [6.45, 7) is 3.23. The van der Waals surface area contributed by atoms with Gasteiger partial charge in [-0.2, -0.15) is 0 Å². The lowest BCUT2D eigenvalue weighted by Crippen LogP contribution is -2.00. The van der Waals surface area contributed by atoms with Crippen molar-refractivity contribution in [2.45, 2.75) is 20.5 Å². The number of carbonyl (C=O) groups excluding carboxylic acids is 2. The van der Waals surface area contributed by atoms with Crippen molar-refractivity contribution in [3.63, 3.8) is 0 Å². The summed E-state index contributed by atoms with van der Waals surface area (Å²) in [6, 6.07) is 35.3. The molecule has 0 aliphatic rings. The van der Waals surface area contributed by atoms with E-state index in [2.05, 4.69) is 36.4 Å². The summed E-state index contributed by atoms with van der Waals surface area (Å²) in [6.07, 6.45) is 8.16. The maximum absolute atomic E-state index is 11.2. The second kappa shape index (κ2) is 13.3. The molecule has 5 heteroatoms. The molecule has 42 heavy (non-hydrogen) atoms. The number of carbonyl (C=O) groups is 2. The molecule has 0 saturated heterocycles. The molecule has 0 heterocycles. The van der Waals surface area contributed by atoms with Crippen molar-refractivity contribution in [2.24, 2.45) is 0 Å². The topological polar surface area (TPSA) is 61.8 Å². The van der Waals surface area contributed by atoms with Gasteiger partial charge in [0.1, 0.15) is 23.9 Å². The predicted octanol–water partition coefficient (Wildman–Crippen LogP) is 8.61. The molecule has 0 saturated carbocycles. The molecule has 5 rings (SSSR count). The van der Waals surface area contributed by atoms with Gasteiger partial charge in [-0.3, -0.25) is 9.59 Å². The fraction of sp³-hybridized carbons (Fsp3) is 0.0811. The highest BCUT2D eigenvalue weighted by Crippen LogP contribution is 2.32. The first-order valence-electron chi connectivity index (χ1n) is 13.6. The Labute approximate surface area is 245 Å². The molecular formula is C37H30O5. The molecule has 0 bridgehead atoms. The molecule has 0 spiro atoms. The summed E-state index contributed by atoms with van der Waals surface area (Å²) < 4.78 is 16.6. The maximum Gasteiger partial charge on any atom is 0.308 e. The van der Waals surface area contributed by atoms with E-state index in [1.807, 2.05) is 72.8 Å². The van der Waals surface area contributed by atoms with E-state index in [4.69, 9.17) is 14.2 Å². The van der Waals surface area contributed by atoms with Crippen LogP contribution in [0, 0.1) is 0 Å². The molecule has 0 radical (unpaired) electrons. The van der Waals surface area contributed by atoms with Gasteiger partial charge in [0.25, 0.3) is 0 Å². The fourth-order valence-corrected chi connectivity index (χ4v) is 4.49. The third-order valence-corrected chi connectivity index (χ3v) is 6.48. The van der Waals surface area contributed by atoms with Gasteiger partial charge >= 0.3 is 11.9 Å². The first kappa shape index (κ1) is 28.1. The SMILES string of the molecule is CC(=O)Oc1ccc(/C=C/c2ccc3c(/C=C/c4ccc(OC(C)=O)cc4)c(OCc4ccccc4)ccc3c2)cc1. The van der Waals surface area contributed by atoms with Crippen LogP contribution >= 0.6 is 0 Å². The van der Waals surface area contributed by atoms with Crippen molar-refractivity contribution < 1.29 is 23.8 Å². The van der Waals surface area contributed by atoms with Gasteiger partial charge in [-0.1, -0.05) is 97.1 Å². The summed E-state index contributed by atoms with van der Waals surface area (Å²) in [7, 11) is 0. The van der Waals surface area contributed by atoms with E-state index in [0.29, 0.717) is 18.1 Å². The standard InChI is InChI=1S/C37H30O5/c1-26(38)41-33-17-10-28(11-18-33)8-9-30-15-21-35-32(24-30)16-23-37(40-25-31-6-4-3-5-7-31)36(35)22-14-29-12-19-34(20-13-29)42-27(2)39/h3-24H,25H2,1-2H3/b9-8+,22-14+. The van der Waals surface area contributed by atoms with Crippen LogP contribution in [0.3, 0.4) is 0 Å². The van der Waals surface area contributed by atoms with Gasteiger partial charge in [-0.25, -0.2) is 0 Å². The summed E-state index contributed by atoms with van der Waals surface area (Å²) in [5, 5.41) is 2.15. The molecule has 5 aromatic carbocycles. The van der Waals surface area contributed by atoms with Crippen LogP contribution in [0.5, 0.6) is 17.2 Å². The summed E-state index contributed by atoms with van der Waals surface area (Å²) in [5.74, 6) is 1.14. The third-order valence-electron chi connectivity index (χ3n) is 6.48. The Balaban J connectivity index is 1.43. The Kier molecular flexibility index (Phi) is 8.90. The van der Waals surface area contributed by atoms with Crippen LogP contribution in [0.25, 0.3) is 35.1 Å². The zero-order valence-corrected chi connectivity index (χ0v) is 23.5. The summed E-state index contributed by atoms with van der Waals surface area (Å²) >= 11 is 0. The normalized spacial score (nSPS) is 11.2. The lowest BCUT2D eigenvalue weighted by molar-refractivity contribution is -0.132. The van der Waals surface area contributed by atoms with Crippen LogP contribution in [-0.4, -0.2) is 11.9 Å². The molecule has 0 aliphatic heterocycles. The van der Waals surface area contributed by atoms with Crippen molar-refractivity contribution in [1.82, 2.24) is 0 Å². The zero-order chi connectivity index (χ0) is 29.3. The lowest BCUT2D eigenvalue weighted by Gasteiger charge is -2.13. The number of hydrogen-bond acceptors (Lipinski definition) is 5. The minimum atomic E-state index is -0.347. The van der Waals surface area contributed by atoms with E-state index in [1.165, 1.54) is 13.8 Å². The summed E-state index contributed by atoms with van der Waals surface area (Å²) in [5.41, 5.74) is 5.09. The number of fused-ring (bicyclic) bond motifs is 1. The van der Waals surface area contributed by atoms with Crippen molar-refractivity contribution in [3.05, 3.63) is 137 Å². The molecule has 208 valence electrons. The highest BCUT2D eigenvalue weighted by atomic mass is 16.5. The highest BCUT2D eigenvalue weighted by molar-refractivity contribution is 5.96. The molecule has 0 unspecified atom stereocenters. The Morgan fingerprint density at radius 1 is 0.595 bits per heavy atom. The van der Waals surface area contributed by atoms with E-state index >= 15 is 0 Å². The van der Waals surface area contributed by atoms with Gasteiger partial charge in [0.2, 0.25) is 0 Å². The second-order valence-corrected chi connectivity index (χ2v) is 9.72. The van der Waals surface area contributed by atoms with E-state index in [0.717, 1.165) is 44.3 Å². The maximum atomic E-state index is 11.2. The minimum absolute atomic E-state index is 0.338. The Hall–Kier alpha value is -5.42. The van der Waals surface area contributed by atoms with Gasteiger partial charge in [0.05, 0.1) is 0 Å². The molecule has 5 nitrogen and oxygen atoms in total. The monoisotopic (exact) mass is 554 g/mol. The van der Waals surface area contributed by atoms with Gasteiger partial charge in [-0.15, -0.1) is 0 Å². The first-order valence-corrected chi connectivity index (χ1v) is 13.6. The number of ether oxygens (including phenoxy) is 3. The van der Waals surface area contributed by atoms with Crippen molar-refractivity contribution in [2.75, 3.05) is 0 Å². The van der Waals surface area contributed by atoms with Crippen LogP contribution in [0.15, 0.2) is 109 Å².